The molecule has 0 aliphatic carbocycles. The predicted molar refractivity (Wildman–Crippen MR) is 80.5 cm³/mol. The molecule has 0 saturated heterocycles. The van der Waals surface area contributed by atoms with E-state index in [1.54, 1.807) is 6.92 Å². The van der Waals surface area contributed by atoms with Crippen molar-refractivity contribution in [1.29, 1.82) is 0 Å². The fourth-order valence-electron chi connectivity index (χ4n) is 1.79. The quantitative estimate of drug-likeness (QED) is 0.819. The highest BCUT2D eigenvalue weighted by molar-refractivity contribution is 5.97. The van der Waals surface area contributed by atoms with E-state index in [2.05, 4.69) is 10.6 Å². The van der Waals surface area contributed by atoms with Gasteiger partial charge in [0, 0.05) is 6.54 Å². The van der Waals surface area contributed by atoms with Gasteiger partial charge in [0.2, 0.25) is 0 Å². The molecule has 0 saturated carbocycles. The topological polar surface area (TPSA) is 97.6 Å². The van der Waals surface area contributed by atoms with Crippen LogP contribution in [0.5, 0.6) is 0 Å². The van der Waals surface area contributed by atoms with Crippen LogP contribution in [-0.4, -0.2) is 24.5 Å². The molecular formula is C16H16N2O5. The number of carbonyl (C=O) groups excluding carboxylic acids is 3. The molecule has 1 aromatic carbocycles. The van der Waals surface area contributed by atoms with Gasteiger partial charge >= 0.3 is 12.0 Å². The van der Waals surface area contributed by atoms with Crippen molar-refractivity contribution in [1.82, 2.24) is 10.6 Å². The van der Waals surface area contributed by atoms with Gasteiger partial charge in [-0.25, -0.2) is 9.59 Å². The predicted octanol–water partition coefficient (Wildman–Crippen LogP) is 1.77. The minimum absolute atomic E-state index is 0.242. The van der Waals surface area contributed by atoms with Crippen molar-refractivity contribution >= 4 is 17.9 Å². The summed E-state index contributed by atoms with van der Waals surface area (Å²) in [7, 11) is 0. The van der Waals surface area contributed by atoms with E-state index in [9.17, 15) is 14.4 Å². The molecule has 0 atom stereocenters. The van der Waals surface area contributed by atoms with Gasteiger partial charge in [-0.05, 0) is 18.6 Å². The lowest BCUT2D eigenvalue weighted by Crippen LogP contribution is -2.41. The van der Waals surface area contributed by atoms with Crippen molar-refractivity contribution in [2.75, 3.05) is 6.61 Å². The lowest BCUT2D eigenvalue weighted by atomic mass is 10.2. The van der Waals surface area contributed by atoms with Gasteiger partial charge in [0.1, 0.15) is 11.3 Å². The fraction of sp³-hybridized carbons (Fsp3) is 0.188. The Hall–Kier alpha value is -3.09. The second-order valence-corrected chi connectivity index (χ2v) is 4.68. The first kappa shape index (κ1) is 16.3. The molecule has 0 spiro atoms. The average Bonchev–Trinajstić information content (AvgIpc) is 2.98. The highest BCUT2D eigenvalue weighted by atomic mass is 16.5. The molecule has 23 heavy (non-hydrogen) atoms. The molecule has 0 bridgehead atoms. The number of hydrogen-bond acceptors (Lipinski definition) is 5. The molecule has 7 nitrogen and oxygen atoms in total. The van der Waals surface area contributed by atoms with E-state index in [4.69, 9.17) is 9.15 Å². The number of benzene rings is 1. The zero-order valence-corrected chi connectivity index (χ0v) is 12.5. The van der Waals surface area contributed by atoms with Crippen LogP contribution in [0.15, 0.2) is 47.1 Å². The Morgan fingerprint density at radius 1 is 1.13 bits per heavy atom. The zero-order valence-electron chi connectivity index (χ0n) is 12.5. The molecule has 0 aliphatic rings. The van der Waals surface area contributed by atoms with Crippen LogP contribution in [-0.2, 0) is 16.1 Å². The summed E-state index contributed by atoms with van der Waals surface area (Å²) in [5, 5.41) is 4.60. The molecule has 120 valence electrons. The first-order chi connectivity index (χ1) is 11.1. The number of furan rings is 1. The minimum Gasteiger partial charge on any atom is -0.469 e. The highest BCUT2D eigenvalue weighted by Gasteiger charge is 2.15. The van der Waals surface area contributed by atoms with Crippen LogP contribution in [0.4, 0.5) is 4.79 Å². The number of hydrogen-bond donors (Lipinski definition) is 2. The summed E-state index contributed by atoms with van der Waals surface area (Å²) in [6.45, 7) is 1.34. The van der Waals surface area contributed by atoms with Gasteiger partial charge in [-0.2, -0.15) is 0 Å². The van der Waals surface area contributed by atoms with Crippen LogP contribution in [0.2, 0.25) is 0 Å². The van der Waals surface area contributed by atoms with E-state index < -0.39 is 24.5 Å². The minimum atomic E-state index is -0.718. The van der Waals surface area contributed by atoms with E-state index in [0.29, 0.717) is 5.76 Å². The summed E-state index contributed by atoms with van der Waals surface area (Å²) in [5.41, 5.74) is 1.14. The summed E-state index contributed by atoms with van der Waals surface area (Å²) in [6.07, 6.45) is 1.35. The third kappa shape index (κ3) is 4.99. The Labute approximate surface area is 132 Å². The second-order valence-electron chi connectivity index (χ2n) is 4.68. The Balaban J connectivity index is 1.71. The van der Waals surface area contributed by atoms with E-state index >= 15 is 0 Å². The van der Waals surface area contributed by atoms with Crippen molar-refractivity contribution in [2.24, 2.45) is 0 Å². The number of rotatable bonds is 5. The number of carbonyl (C=O) groups is 3. The van der Waals surface area contributed by atoms with E-state index in [1.807, 2.05) is 30.3 Å². The standard InChI is InChI=1S/C16H16N2O5/c1-11-13(7-8-22-11)15(20)23-10-14(19)18-16(21)17-9-12-5-3-2-4-6-12/h2-8H,9-10H2,1H3,(H2,17,18,19,21). The fourth-order valence-corrected chi connectivity index (χ4v) is 1.79. The average molecular weight is 316 g/mol. The second kappa shape index (κ2) is 7.79. The summed E-state index contributed by atoms with van der Waals surface area (Å²) in [6, 6.07) is 10.0. The monoisotopic (exact) mass is 316 g/mol. The van der Waals surface area contributed by atoms with Gasteiger partial charge in [0.25, 0.3) is 5.91 Å². The third-order valence-corrected chi connectivity index (χ3v) is 2.96. The van der Waals surface area contributed by atoms with Crippen LogP contribution in [0.25, 0.3) is 0 Å². The summed E-state index contributed by atoms with van der Waals surface area (Å²) in [4.78, 5) is 34.8. The van der Waals surface area contributed by atoms with Crippen LogP contribution < -0.4 is 10.6 Å². The molecule has 0 radical (unpaired) electrons. The molecule has 2 aromatic rings. The first-order valence-electron chi connectivity index (χ1n) is 6.89. The van der Waals surface area contributed by atoms with E-state index in [-0.39, 0.29) is 12.1 Å². The van der Waals surface area contributed by atoms with Crippen molar-refractivity contribution in [3.8, 4) is 0 Å². The summed E-state index contributed by atoms with van der Waals surface area (Å²) >= 11 is 0. The third-order valence-electron chi connectivity index (χ3n) is 2.96. The van der Waals surface area contributed by atoms with E-state index in [0.717, 1.165) is 5.56 Å². The summed E-state index contributed by atoms with van der Waals surface area (Å²) in [5.74, 6) is -1.00. The number of amides is 3. The van der Waals surface area contributed by atoms with E-state index in [1.165, 1.54) is 12.3 Å². The van der Waals surface area contributed by atoms with Gasteiger partial charge in [0.05, 0.1) is 6.26 Å². The van der Waals surface area contributed by atoms with Crippen molar-refractivity contribution < 1.29 is 23.5 Å². The Morgan fingerprint density at radius 2 is 1.87 bits per heavy atom. The molecule has 1 aromatic heterocycles. The van der Waals surface area contributed by atoms with Crippen LogP contribution in [0.3, 0.4) is 0 Å². The number of aryl methyl sites for hydroxylation is 1. The Kier molecular flexibility index (Phi) is 5.51. The largest absolute Gasteiger partial charge is 0.469 e. The molecule has 0 fully saturated rings. The smallest absolute Gasteiger partial charge is 0.342 e. The van der Waals surface area contributed by atoms with Gasteiger partial charge in [-0.15, -0.1) is 0 Å². The van der Waals surface area contributed by atoms with Gasteiger partial charge < -0.3 is 14.5 Å². The number of ether oxygens (including phenoxy) is 1. The maximum atomic E-state index is 11.7. The molecule has 0 unspecified atom stereocenters. The van der Waals surface area contributed by atoms with Crippen molar-refractivity contribution in [3.05, 3.63) is 59.5 Å². The molecular weight excluding hydrogens is 300 g/mol. The molecule has 0 aliphatic heterocycles. The van der Waals surface area contributed by atoms with Crippen LogP contribution >= 0.6 is 0 Å². The number of nitrogens with one attached hydrogen (secondary N) is 2. The molecule has 3 amide bonds. The normalized spacial score (nSPS) is 9.96. The summed E-state index contributed by atoms with van der Waals surface area (Å²) < 4.78 is 9.77. The van der Waals surface area contributed by atoms with Gasteiger partial charge in [0.15, 0.2) is 6.61 Å². The van der Waals surface area contributed by atoms with Crippen LogP contribution in [0.1, 0.15) is 21.7 Å². The zero-order chi connectivity index (χ0) is 16.7. The van der Waals surface area contributed by atoms with Gasteiger partial charge in [-0.1, -0.05) is 30.3 Å². The molecule has 2 N–H and O–H groups in total. The molecule has 2 rings (SSSR count). The highest BCUT2D eigenvalue weighted by Crippen LogP contribution is 2.09. The van der Waals surface area contributed by atoms with Crippen molar-refractivity contribution in [2.45, 2.75) is 13.5 Å². The first-order valence-corrected chi connectivity index (χ1v) is 6.89. The van der Waals surface area contributed by atoms with Crippen LogP contribution in [0, 0.1) is 6.92 Å². The number of esters is 1. The molecule has 7 heteroatoms. The van der Waals surface area contributed by atoms with Crippen molar-refractivity contribution in [3.63, 3.8) is 0 Å². The van der Waals surface area contributed by atoms with Gasteiger partial charge in [-0.3, -0.25) is 10.1 Å². The number of urea groups is 1. The lowest BCUT2D eigenvalue weighted by molar-refractivity contribution is -0.123. The maximum Gasteiger partial charge on any atom is 0.342 e. The maximum absolute atomic E-state index is 11.7. The SMILES string of the molecule is Cc1occc1C(=O)OCC(=O)NC(=O)NCc1ccccc1. The Bertz CT molecular complexity index is 694. The number of imide groups is 1. The molecule has 1 heterocycles. The Morgan fingerprint density at radius 3 is 2.52 bits per heavy atom. The lowest BCUT2D eigenvalue weighted by Gasteiger charge is -2.07.